The SMILES string of the molecule is Cn1ncc2cc(S(=O)[O-])ccc21.[Li+]. The summed E-state index contributed by atoms with van der Waals surface area (Å²) in [6, 6.07) is 4.91. The van der Waals surface area contributed by atoms with Crippen molar-refractivity contribution in [3.8, 4) is 0 Å². The molecule has 0 N–H and O–H groups in total. The third-order valence-corrected chi connectivity index (χ3v) is 2.55. The summed E-state index contributed by atoms with van der Waals surface area (Å²) >= 11 is -2.16. The molecular formula is C8H7LiN2O2S. The van der Waals surface area contributed by atoms with Crippen LogP contribution in [0.1, 0.15) is 0 Å². The van der Waals surface area contributed by atoms with Crippen LogP contribution in [0.25, 0.3) is 10.9 Å². The molecule has 1 aromatic heterocycles. The Morgan fingerprint density at radius 1 is 1.50 bits per heavy atom. The first kappa shape index (κ1) is 11.5. The molecule has 0 spiro atoms. The van der Waals surface area contributed by atoms with Crippen LogP contribution >= 0.6 is 0 Å². The second-order valence-corrected chi connectivity index (χ2v) is 3.66. The Labute approximate surface area is 95.8 Å². The van der Waals surface area contributed by atoms with Gasteiger partial charge in [-0.15, -0.1) is 0 Å². The van der Waals surface area contributed by atoms with E-state index in [0.717, 1.165) is 10.9 Å². The van der Waals surface area contributed by atoms with Crippen molar-refractivity contribution < 1.29 is 27.6 Å². The van der Waals surface area contributed by atoms with Gasteiger partial charge in [0, 0.05) is 17.3 Å². The van der Waals surface area contributed by atoms with E-state index in [9.17, 15) is 8.76 Å². The molecule has 4 nitrogen and oxygen atoms in total. The van der Waals surface area contributed by atoms with E-state index in [0.29, 0.717) is 4.90 Å². The Bertz CT molecular complexity index is 483. The van der Waals surface area contributed by atoms with Crippen LogP contribution in [0.15, 0.2) is 29.3 Å². The third-order valence-electron chi connectivity index (χ3n) is 1.91. The predicted octanol–water partition coefficient (Wildman–Crippen LogP) is -2.18. The molecule has 0 saturated heterocycles. The van der Waals surface area contributed by atoms with E-state index in [-0.39, 0.29) is 18.9 Å². The molecule has 0 radical (unpaired) electrons. The number of nitrogens with zero attached hydrogens (tertiary/aromatic N) is 2. The minimum absolute atomic E-state index is 0. The molecule has 0 aliphatic carbocycles. The zero-order chi connectivity index (χ0) is 9.42. The van der Waals surface area contributed by atoms with Gasteiger partial charge in [-0.25, -0.2) is 0 Å². The van der Waals surface area contributed by atoms with Crippen molar-refractivity contribution in [3.05, 3.63) is 24.4 Å². The standard InChI is InChI=1S/C8H8N2O2S.Li/c1-10-8-3-2-7(13(11)12)4-6(8)5-9-10;/h2-5H,1H3,(H,11,12);/q;+1/p-1. The van der Waals surface area contributed by atoms with Gasteiger partial charge in [0.1, 0.15) is 0 Å². The van der Waals surface area contributed by atoms with Gasteiger partial charge in [0.2, 0.25) is 0 Å². The first-order valence-electron chi connectivity index (χ1n) is 3.69. The second-order valence-electron chi connectivity index (χ2n) is 2.72. The maximum atomic E-state index is 10.6. The van der Waals surface area contributed by atoms with Gasteiger partial charge in [0.25, 0.3) is 0 Å². The van der Waals surface area contributed by atoms with Crippen LogP contribution in [0.2, 0.25) is 0 Å². The number of hydrogen-bond acceptors (Lipinski definition) is 3. The number of fused-ring (bicyclic) bond motifs is 1. The summed E-state index contributed by atoms with van der Waals surface area (Å²) in [6.45, 7) is 0. The summed E-state index contributed by atoms with van der Waals surface area (Å²) in [6.07, 6.45) is 1.64. The van der Waals surface area contributed by atoms with Gasteiger partial charge in [-0.3, -0.25) is 8.89 Å². The van der Waals surface area contributed by atoms with E-state index in [4.69, 9.17) is 0 Å². The molecular weight excluding hydrogens is 195 g/mol. The van der Waals surface area contributed by atoms with Crippen molar-refractivity contribution in [2.45, 2.75) is 4.90 Å². The fourth-order valence-electron chi connectivity index (χ4n) is 1.25. The van der Waals surface area contributed by atoms with Crippen LogP contribution in [-0.4, -0.2) is 18.5 Å². The Balaban J connectivity index is 0.000000980. The van der Waals surface area contributed by atoms with Crippen LogP contribution in [0, 0.1) is 0 Å². The van der Waals surface area contributed by atoms with E-state index in [1.165, 1.54) is 0 Å². The molecule has 14 heavy (non-hydrogen) atoms. The van der Waals surface area contributed by atoms with E-state index in [2.05, 4.69) is 5.10 Å². The molecule has 1 aromatic carbocycles. The van der Waals surface area contributed by atoms with Gasteiger partial charge >= 0.3 is 18.9 Å². The molecule has 0 aliphatic rings. The number of hydrogen-bond donors (Lipinski definition) is 0. The molecule has 1 unspecified atom stereocenters. The smallest absolute Gasteiger partial charge is 0.768 e. The van der Waals surface area contributed by atoms with Gasteiger partial charge in [-0.2, -0.15) is 5.10 Å². The molecule has 1 heterocycles. The molecule has 0 saturated carbocycles. The van der Waals surface area contributed by atoms with Crippen LogP contribution in [0.3, 0.4) is 0 Å². The molecule has 1 atom stereocenters. The summed E-state index contributed by atoms with van der Waals surface area (Å²) in [7, 11) is 1.82. The monoisotopic (exact) mass is 202 g/mol. The number of benzene rings is 1. The molecule has 0 amide bonds. The molecule has 68 valence electrons. The van der Waals surface area contributed by atoms with Crippen LogP contribution < -0.4 is 18.9 Å². The summed E-state index contributed by atoms with van der Waals surface area (Å²) in [5, 5.41) is 4.85. The topological polar surface area (TPSA) is 58.0 Å². The Kier molecular flexibility index (Phi) is 3.51. The number of aromatic nitrogens is 2. The first-order chi connectivity index (χ1) is 6.18. The molecule has 2 aromatic rings. The zero-order valence-electron chi connectivity index (χ0n) is 7.93. The van der Waals surface area contributed by atoms with Crippen molar-refractivity contribution in [2.24, 2.45) is 7.05 Å². The van der Waals surface area contributed by atoms with Crippen LogP contribution in [0.5, 0.6) is 0 Å². The second kappa shape index (κ2) is 4.28. The fraction of sp³-hybridized carbons (Fsp3) is 0.125. The molecule has 6 heteroatoms. The van der Waals surface area contributed by atoms with E-state index >= 15 is 0 Å². The van der Waals surface area contributed by atoms with Crippen molar-refractivity contribution >= 4 is 22.0 Å². The summed E-state index contributed by atoms with van der Waals surface area (Å²) in [4.78, 5) is 0.292. The van der Waals surface area contributed by atoms with Gasteiger partial charge in [0.05, 0.1) is 11.7 Å². The van der Waals surface area contributed by atoms with Gasteiger partial charge < -0.3 is 4.55 Å². The third kappa shape index (κ3) is 1.91. The van der Waals surface area contributed by atoms with Crippen molar-refractivity contribution in [1.29, 1.82) is 0 Å². The van der Waals surface area contributed by atoms with E-state index < -0.39 is 11.1 Å². The van der Waals surface area contributed by atoms with Crippen molar-refractivity contribution in [1.82, 2.24) is 9.78 Å². The maximum Gasteiger partial charge on any atom is 1.00 e. The molecule has 0 bridgehead atoms. The van der Waals surface area contributed by atoms with Gasteiger partial charge in [-0.05, 0) is 29.3 Å². The Morgan fingerprint density at radius 2 is 2.21 bits per heavy atom. The van der Waals surface area contributed by atoms with Crippen LogP contribution in [-0.2, 0) is 18.1 Å². The number of rotatable bonds is 1. The molecule has 0 aliphatic heterocycles. The van der Waals surface area contributed by atoms with Crippen molar-refractivity contribution in [2.75, 3.05) is 0 Å². The average Bonchev–Trinajstić information content (AvgIpc) is 2.47. The van der Waals surface area contributed by atoms with E-state index in [1.54, 1.807) is 29.1 Å². The predicted molar refractivity (Wildman–Crippen MR) is 47.9 cm³/mol. The Hall–Kier alpha value is -0.603. The largest absolute Gasteiger partial charge is 1.00 e. The molecule has 0 fully saturated rings. The summed E-state index contributed by atoms with van der Waals surface area (Å²) < 4.78 is 22.9. The normalized spacial score (nSPS) is 12.4. The Morgan fingerprint density at radius 3 is 2.86 bits per heavy atom. The first-order valence-corrected chi connectivity index (χ1v) is 4.77. The minimum atomic E-state index is -2.16. The summed E-state index contributed by atoms with van der Waals surface area (Å²) in [5.74, 6) is 0. The van der Waals surface area contributed by atoms with Gasteiger partial charge in [0.15, 0.2) is 0 Å². The molecule has 2 rings (SSSR count). The quantitative estimate of drug-likeness (QED) is 0.390. The van der Waals surface area contributed by atoms with Crippen LogP contribution in [0.4, 0.5) is 0 Å². The van der Waals surface area contributed by atoms with Crippen molar-refractivity contribution in [3.63, 3.8) is 0 Å². The fourth-order valence-corrected chi connectivity index (χ4v) is 1.65. The minimum Gasteiger partial charge on any atom is -0.768 e. The summed E-state index contributed by atoms with van der Waals surface area (Å²) in [5.41, 5.74) is 0.925. The maximum absolute atomic E-state index is 10.6. The van der Waals surface area contributed by atoms with Gasteiger partial charge in [-0.1, -0.05) is 0 Å². The average molecular weight is 202 g/mol. The number of aryl methyl sites for hydroxylation is 1. The zero-order valence-corrected chi connectivity index (χ0v) is 8.75. The van der Waals surface area contributed by atoms with E-state index in [1.807, 2.05) is 7.05 Å².